The highest BCUT2D eigenvalue weighted by Crippen LogP contribution is 2.56. The van der Waals surface area contributed by atoms with Crippen LogP contribution < -0.4 is 21.5 Å². The van der Waals surface area contributed by atoms with Gasteiger partial charge in [0.15, 0.2) is 0 Å². The van der Waals surface area contributed by atoms with Gasteiger partial charge in [-0.15, -0.1) is 0 Å². The summed E-state index contributed by atoms with van der Waals surface area (Å²) in [4.78, 5) is 2.76. The lowest BCUT2D eigenvalue weighted by Crippen LogP contribution is -2.61. The minimum Gasteiger partial charge on any atom is -0.470 e. The van der Waals surface area contributed by atoms with Crippen molar-refractivity contribution >= 4 is 72.9 Å². The number of furan rings is 1. The second kappa shape index (κ2) is 16.4. The van der Waals surface area contributed by atoms with Gasteiger partial charge < -0.3 is 9.32 Å². The van der Waals surface area contributed by atoms with Crippen LogP contribution in [0.1, 0.15) is 209 Å². The Bertz CT molecular complexity index is 4100. The molecule has 2 aliphatic heterocycles. The highest BCUT2D eigenvalue weighted by atomic mass is 16.3. The van der Waals surface area contributed by atoms with Crippen molar-refractivity contribution in [3.8, 4) is 11.1 Å². The van der Waals surface area contributed by atoms with Crippen molar-refractivity contribution in [1.82, 2.24) is 0 Å². The van der Waals surface area contributed by atoms with Gasteiger partial charge in [-0.2, -0.15) is 0 Å². The quantitative estimate of drug-likeness (QED) is 0.130. The normalized spacial score (nSPS) is 20.5. The first-order valence-electron chi connectivity index (χ1n) is 30.1. The van der Waals surface area contributed by atoms with Crippen molar-refractivity contribution in [2.75, 3.05) is 4.90 Å². The molecule has 14 rings (SSSR count). The number of hydrogen-bond donors (Lipinski definition) is 0. The standard InChI is InChI=1S/C76H82BNO/c1-44-36-54-66(46-25-28-55-56(38-46)72(7,8)31-30-71(55,5)6)67-53-41-58-60(76(15,16)35-33-74(58,11)12)43-65(53)79-69(67)77-61-29-26-47(70(2,3)4)39-63(61)78(64(37-44)68(54)77)62-42-59-57(73(9,10)32-34-75(59,13)14)40-52(62)50-23-19-22-49-48-21-18-17-20-45(48)24-27-51(49)50/h17-29,36-43,66H,30-35H2,1-16H3. The lowest BCUT2D eigenvalue weighted by Gasteiger charge is -2.45. The Hall–Kier alpha value is -6.32. The molecule has 79 heavy (non-hydrogen) atoms. The molecule has 0 N–H and O–H groups in total. The Labute approximate surface area is 472 Å². The van der Waals surface area contributed by atoms with Gasteiger partial charge >= 0.3 is 0 Å². The van der Waals surface area contributed by atoms with Crippen molar-refractivity contribution in [3.63, 3.8) is 0 Å². The number of benzene rings is 8. The van der Waals surface area contributed by atoms with E-state index < -0.39 is 0 Å². The minimum absolute atomic E-state index is 0.00936. The minimum atomic E-state index is -0.115. The molecule has 3 heteroatoms. The second-order valence-corrected chi connectivity index (χ2v) is 30.5. The first kappa shape index (κ1) is 50.9. The van der Waals surface area contributed by atoms with E-state index in [2.05, 4.69) is 243 Å². The van der Waals surface area contributed by atoms with Crippen LogP contribution >= 0.6 is 0 Å². The number of nitrogens with zero attached hydrogens (tertiary/aromatic N) is 1. The van der Waals surface area contributed by atoms with E-state index in [4.69, 9.17) is 4.42 Å². The molecule has 0 saturated carbocycles. The van der Waals surface area contributed by atoms with Crippen LogP contribution in [0.2, 0.25) is 0 Å². The third-order valence-corrected chi connectivity index (χ3v) is 21.4. The average molecular weight is 1040 g/mol. The van der Waals surface area contributed by atoms with Crippen LogP contribution in [0.3, 0.4) is 0 Å². The summed E-state index contributed by atoms with van der Waals surface area (Å²) in [6.45, 7) is 39.1. The summed E-state index contributed by atoms with van der Waals surface area (Å²) in [5.74, 6) is -0.0450. The zero-order valence-corrected chi connectivity index (χ0v) is 50.4. The van der Waals surface area contributed by atoms with Crippen molar-refractivity contribution in [1.29, 1.82) is 0 Å². The average Bonchev–Trinajstić information content (AvgIpc) is 2.80. The van der Waals surface area contributed by atoms with Gasteiger partial charge in [0.1, 0.15) is 5.58 Å². The van der Waals surface area contributed by atoms with E-state index in [1.165, 1.54) is 147 Å². The molecule has 5 aliphatic rings. The van der Waals surface area contributed by atoms with Crippen molar-refractivity contribution < 1.29 is 4.42 Å². The van der Waals surface area contributed by atoms with Crippen molar-refractivity contribution in [2.24, 2.45) is 0 Å². The fourth-order valence-corrected chi connectivity index (χ4v) is 16.1. The van der Waals surface area contributed by atoms with Crippen LogP contribution in [0.4, 0.5) is 17.1 Å². The summed E-state index contributed by atoms with van der Waals surface area (Å²) in [5, 5.41) is 6.45. The molecule has 0 bridgehead atoms. The summed E-state index contributed by atoms with van der Waals surface area (Å²) in [6, 6.07) is 51.5. The van der Waals surface area contributed by atoms with Crippen LogP contribution in [0.15, 0.2) is 132 Å². The summed E-state index contributed by atoms with van der Waals surface area (Å²) >= 11 is 0. The fourth-order valence-electron chi connectivity index (χ4n) is 16.1. The van der Waals surface area contributed by atoms with E-state index in [0.29, 0.717) is 0 Å². The Morgan fingerprint density at radius 1 is 0.468 bits per heavy atom. The number of rotatable bonds is 3. The Morgan fingerprint density at radius 2 is 1.06 bits per heavy atom. The first-order chi connectivity index (χ1) is 37.2. The third-order valence-electron chi connectivity index (χ3n) is 21.4. The largest absolute Gasteiger partial charge is 0.470 e. The van der Waals surface area contributed by atoms with Crippen LogP contribution in [0.25, 0.3) is 43.6 Å². The molecule has 8 aromatic carbocycles. The predicted molar refractivity (Wildman–Crippen MR) is 339 cm³/mol. The second-order valence-electron chi connectivity index (χ2n) is 30.5. The van der Waals surface area contributed by atoms with E-state index in [9.17, 15) is 0 Å². The maximum atomic E-state index is 7.81. The molecule has 1 atom stereocenters. The number of hydrogen-bond acceptors (Lipinski definition) is 2. The maximum Gasteiger partial charge on any atom is 0.292 e. The monoisotopic (exact) mass is 1040 g/mol. The summed E-state index contributed by atoms with van der Waals surface area (Å²) in [5.41, 5.74) is 27.0. The molecule has 0 saturated heterocycles. The smallest absolute Gasteiger partial charge is 0.292 e. The van der Waals surface area contributed by atoms with Gasteiger partial charge in [-0.1, -0.05) is 195 Å². The number of anilines is 3. The molecule has 0 fully saturated rings. The van der Waals surface area contributed by atoms with Crippen LogP contribution in [0, 0.1) is 6.92 Å². The molecular weight excluding hydrogens is 954 g/mol. The summed E-state index contributed by atoms with van der Waals surface area (Å²) in [7, 11) is 0. The first-order valence-corrected chi connectivity index (χ1v) is 30.1. The van der Waals surface area contributed by atoms with Crippen LogP contribution in [0.5, 0.6) is 0 Å². The summed E-state index contributed by atoms with van der Waals surface area (Å²) in [6.07, 6.45) is 6.98. The van der Waals surface area contributed by atoms with E-state index >= 15 is 0 Å². The molecule has 3 heterocycles. The molecule has 0 spiro atoms. The van der Waals surface area contributed by atoms with E-state index in [0.717, 1.165) is 30.5 Å². The number of fused-ring (bicyclic) bond motifs is 12. The number of aryl methyl sites for hydroxylation is 1. The predicted octanol–water partition coefficient (Wildman–Crippen LogP) is 18.9. The zero-order valence-electron chi connectivity index (χ0n) is 50.4. The SMILES string of the molecule is Cc1cc2c3c(c1)N(c1cc4c(cc1-c1cccc5c1ccc1ccccc15)C(C)(C)CCC4(C)C)c1cc(C(C)(C)C)ccc1B3c1oc3cc4c(cc3c1C2c1ccc2c(c1)C(C)(C)CCC2(C)C)C(C)(C)CCC4(C)C. The van der Waals surface area contributed by atoms with Crippen LogP contribution in [-0.2, 0) is 37.9 Å². The van der Waals surface area contributed by atoms with Crippen molar-refractivity contribution in [2.45, 2.75) is 193 Å². The Morgan fingerprint density at radius 3 is 1.73 bits per heavy atom. The topological polar surface area (TPSA) is 16.4 Å². The highest BCUT2D eigenvalue weighted by molar-refractivity contribution is 6.98. The van der Waals surface area contributed by atoms with Gasteiger partial charge in [0.05, 0.1) is 11.3 Å². The molecule has 1 aromatic heterocycles. The van der Waals surface area contributed by atoms with Gasteiger partial charge in [-0.25, -0.2) is 0 Å². The molecule has 400 valence electrons. The van der Waals surface area contributed by atoms with E-state index in [1.807, 2.05) is 0 Å². The molecule has 2 nitrogen and oxygen atoms in total. The van der Waals surface area contributed by atoms with Gasteiger partial charge in [-0.05, 0) is 213 Å². The third kappa shape index (κ3) is 7.41. The van der Waals surface area contributed by atoms with E-state index in [1.54, 1.807) is 0 Å². The van der Waals surface area contributed by atoms with Crippen LogP contribution in [-0.4, -0.2) is 6.71 Å². The molecular formula is C76H82BNO. The van der Waals surface area contributed by atoms with Crippen molar-refractivity contribution in [3.05, 3.63) is 189 Å². The highest BCUT2D eigenvalue weighted by Gasteiger charge is 2.50. The Balaban J connectivity index is 1.12. The van der Waals surface area contributed by atoms with E-state index in [-0.39, 0.29) is 50.5 Å². The molecule has 9 aromatic rings. The lowest BCUT2D eigenvalue weighted by atomic mass is 9.33. The molecule has 3 aliphatic carbocycles. The molecule has 1 unspecified atom stereocenters. The van der Waals surface area contributed by atoms with Gasteiger partial charge in [0.2, 0.25) is 0 Å². The zero-order chi connectivity index (χ0) is 55.5. The molecule has 0 radical (unpaired) electrons. The maximum absolute atomic E-state index is 7.81. The van der Waals surface area contributed by atoms with Gasteiger partial charge in [0.25, 0.3) is 6.71 Å². The summed E-state index contributed by atoms with van der Waals surface area (Å²) < 4.78 is 7.81. The van der Waals surface area contributed by atoms with Gasteiger partial charge in [-0.3, -0.25) is 0 Å². The lowest BCUT2D eigenvalue weighted by molar-refractivity contribution is 0.331. The molecule has 0 amide bonds. The van der Waals surface area contributed by atoms with Gasteiger partial charge in [0, 0.05) is 33.8 Å². The fraction of sp³-hybridized carbons (Fsp3) is 0.395. The Kier molecular flexibility index (Phi) is 10.6.